The van der Waals surface area contributed by atoms with Crippen LogP contribution in [0.3, 0.4) is 0 Å². The summed E-state index contributed by atoms with van der Waals surface area (Å²) in [6.45, 7) is 10.4. The zero-order chi connectivity index (χ0) is 41.0. The fraction of sp³-hybridized carbons (Fsp3) is 0.340. The van der Waals surface area contributed by atoms with Gasteiger partial charge in [-0.25, -0.2) is 14.3 Å². The highest BCUT2D eigenvalue weighted by molar-refractivity contribution is 5.95. The van der Waals surface area contributed by atoms with Gasteiger partial charge in [0.25, 0.3) is 0 Å². The predicted molar refractivity (Wildman–Crippen MR) is 236 cm³/mol. The van der Waals surface area contributed by atoms with E-state index >= 15 is 0 Å². The molecule has 2 N–H and O–H groups in total. The zero-order valence-corrected chi connectivity index (χ0v) is 34.3. The van der Waals surface area contributed by atoms with Gasteiger partial charge in [-0.3, -0.25) is 9.59 Å². The van der Waals surface area contributed by atoms with Crippen LogP contribution in [-0.4, -0.2) is 95.9 Å². The zero-order valence-electron chi connectivity index (χ0n) is 34.3. The fourth-order valence-electron chi connectivity index (χ4n) is 8.18. The third-order valence-corrected chi connectivity index (χ3v) is 12.0. The van der Waals surface area contributed by atoms with E-state index in [1.807, 2.05) is 97.3 Å². The summed E-state index contributed by atoms with van der Waals surface area (Å²) in [6, 6.07) is 29.7. The van der Waals surface area contributed by atoms with Gasteiger partial charge < -0.3 is 20.4 Å². The normalized spacial score (nSPS) is 15.8. The summed E-state index contributed by atoms with van der Waals surface area (Å²) in [6.07, 6.45) is 9.52. The standard InChI is InChI=1S/C47H51N11O2/c1-32-13-19-55(20-14-32)23-17-46(59)48-38-7-3-5-34(26-38)44-30-57(53-51-44)40-11-9-36-25-37-10-12-41(29-43(37)50-42(36)28-40)58-31-45(52-54-58)35-6-4-8-39(27-35)49-47(60)18-24-56-21-15-33(2)16-22-56/h3-12,25-33H,13-24H2,1-2H3,(H,48,59)(H,49,60). The van der Waals surface area contributed by atoms with E-state index in [0.717, 1.165) is 107 Å². The number of aromatic nitrogens is 7. The molecule has 0 atom stereocenters. The molecule has 9 rings (SSSR count). The molecule has 2 fully saturated rings. The van der Waals surface area contributed by atoms with Crippen molar-refractivity contribution in [1.29, 1.82) is 0 Å². The van der Waals surface area contributed by atoms with Crippen molar-refractivity contribution in [3.8, 4) is 33.9 Å². The second-order valence-corrected chi connectivity index (χ2v) is 16.6. The van der Waals surface area contributed by atoms with Gasteiger partial charge >= 0.3 is 0 Å². The number of benzene rings is 4. The van der Waals surface area contributed by atoms with Crippen LogP contribution in [0.25, 0.3) is 55.7 Å². The summed E-state index contributed by atoms with van der Waals surface area (Å²) in [7, 11) is 0. The third-order valence-electron chi connectivity index (χ3n) is 12.0. The van der Waals surface area contributed by atoms with Crippen LogP contribution < -0.4 is 10.6 Å². The molecule has 0 unspecified atom stereocenters. The van der Waals surface area contributed by atoms with Gasteiger partial charge in [0.05, 0.1) is 34.8 Å². The Morgan fingerprint density at radius 1 is 0.583 bits per heavy atom. The van der Waals surface area contributed by atoms with Crippen molar-refractivity contribution >= 4 is 45.0 Å². The molecule has 0 radical (unpaired) electrons. The maximum absolute atomic E-state index is 12.8. The van der Waals surface area contributed by atoms with E-state index in [2.05, 4.69) is 61.0 Å². The first-order valence-corrected chi connectivity index (χ1v) is 21.2. The fourth-order valence-corrected chi connectivity index (χ4v) is 8.18. The summed E-state index contributed by atoms with van der Waals surface area (Å²) in [5.74, 6) is 1.57. The number of hydrogen-bond donors (Lipinski definition) is 2. The number of nitrogens with zero attached hydrogens (tertiary/aromatic N) is 9. The molecule has 2 saturated heterocycles. The first kappa shape index (κ1) is 39.2. The van der Waals surface area contributed by atoms with Crippen molar-refractivity contribution in [2.45, 2.75) is 52.4 Å². The van der Waals surface area contributed by atoms with E-state index in [1.165, 1.54) is 25.7 Å². The summed E-state index contributed by atoms with van der Waals surface area (Å²) in [5.41, 5.74) is 7.92. The smallest absolute Gasteiger partial charge is 0.225 e. The highest BCUT2D eigenvalue weighted by atomic mass is 16.2. The Morgan fingerprint density at radius 3 is 1.48 bits per heavy atom. The number of likely N-dealkylation sites (tertiary alicyclic amines) is 2. The number of fused-ring (bicyclic) bond motifs is 2. The molecule has 5 heterocycles. The Hall–Kier alpha value is -6.31. The van der Waals surface area contributed by atoms with Crippen LogP contribution in [0.15, 0.2) is 103 Å². The Balaban J connectivity index is 0.858. The van der Waals surface area contributed by atoms with Crippen molar-refractivity contribution in [3.63, 3.8) is 0 Å². The minimum atomic E-state index is 0.0148. The van der Waals surface area contributed by atoms with Crippen molar-refractivity contribution < 1.29 is 9.59 Å². The van der Waals surface area contributed by atoms with Gasteiger partial charge in [-0.15, -0.1) is 10.2 Å². The van der Waals surface area contributed by atoms with Gasteiger partial charge in [-0.2, -0.15) is 0 Å². The predicted octanol–water partition coefficient (Wildman–Crippen LogP) is 8.00. The number of nitrogens with one attached hydrogen (secondary N) is 2. The van der Waals surface area contributed by atoms with Crippen molar-refractivity contribution in [3.05, 3.63) is 103 Å². The van der Waals surface area contributed by atoms with E-state index in [9.17, 15) is 9.59 Å². The van der Waals surface area contributed by atoms with Crippen LogP contribution in [0.1, 0.15) is 52.4 Å². The van der Waals surface area contributed by atoms with Crippen LogP contribution in [-0.2, 0) is 9.59 Å². The van der Waals surface area contributed by atoms with Crippen molar-refractivity contribution in [2.24, 2.45) is 11.8 Å². The number of pyridine rings is 1. The maximum Gasteiger partial charge on any atom is 0.225 e. The highest BCUT2D eigenvalue weighted by Crippen LogP contribution is 2.27. The SMILES string of the molecule is CC1CCN(CCC(=O)Nc2cccc(-c3cn(-c4ccc5cc6ccc(-n7cc(-c8cccc(NC(=O)CCN9CCC(C)CC9)c8)nn7)cc6nc5c4)nn3)c2)CC1. The van der Waals surface area contributed by atoms with Gasteiger partial charge in [0, 0.05) is 59.2 Å². The van der Waals surface area contributed by atoms with E-state index in [-0.39, 0.29) is 11.8 Å². The average Bonchev–Trinajstić information content (AvgIpc) is 3.97. The molecule has 13 nitrogen and oxygen atoms in total. The summed E-state index contributed by atoms with van der Waals surface area (Å²) in [4.78, 5) is 35.4. The lowest BCUT2D eigenvalue weighted by Crippen LogP contribution is -2.35. The van der Waals surface area contributed by atoms with Crippen LogP contribution in [0.2, 0.25) is 0 Å². The Labute approximate surface area is 349 Å². The topological polar surface area (TPSA) is 139 Å². The number of amides is 2. The van der Waals surface area contributed by atoms with Gasteiger partial charge in [0.2, 0.25) is 11.8 Å². The minimum Gasteiger partial charge on any atom is -0.326 e. The van der Waals surface area contributed by atoms with Gasteiger partial charge in [-0.05, 0) is 118 Å². The molecule has 4 aromatic carbocycles. The second-order valence-electron chi connectivity index (χ2n) is 16.6. The maximum atomic E-state index is 12.8. The number of anilines is 2. The molecule has 2 aliphatic heterocycles. The molecule has 60 heavy (non-hydrogen) atoms. The largest absolute Gasteiger partial charge is 0.326 e. The molecule has 0 aliphatic carbocycles. The second kappa shape index (κ2) is 17.5. The quantitative estimate of drug-likeness (QED) is 0.118. The number of rotatable bonds is 12. The lowest BCUT2D eigenvalue weighted by Gasteiger charge is -2.29. The van der Waals surface area contributed by atoms with Gasteiger partial charge in [0.1, 0.15) is 11.4 Å². The van der Waals surface area contributed by atoms with Gasteiger partial charge in [0.15, 0.2) is 0 Å². The molecular formula is C47H51N11O2. The molecule has 3 aromatic heterocycles. The average molecular weight is 802 g/mol. The monoisotopic (exact) mass is 801 g/mol. The Bertz CT molecular complexity index is 2460. The summed E-state index contributed by atoms with van der Waals surface area (Å²) >= 11 is 0. The minimum absolute atomic E-state index is 0.0148. The first-order valence-electron chi connectivity index (χ1n) is 21.2. The highest BCUT2D eigenvalue weighted by Gasteiger charge is 2.18. The molecule has 13 heteroatoms. The van der Waals surface area contributed by atoms with Gasteiger partial charge in [-0.1, -0.05) is 60.7 Å². The van der Waals surface area contributed by atoms with Crippen LogP contribution in [0, 0.1) is 11.8 Å². The van der Waals surface area contributed by atoms with Crippen LogP contribution >= 0.6 is 0 Å². The van der Waals surface area contributed by atoms with E-state index in [1.54, 1.807) is 9.36 Å². The van der Waals surface area contributed by atoms with Crippen LogP contribution in [0.4, 0.5) is 11.4 Å². The lowest BCUT2D eigenvalue weighted by atomic mass is 9.99. The molecule has 0 saturated carbocycles. The molecule has 0 spiro atoms. The number of piperidine rings is 2. The molecule has 0 bridgehead atoms. The molecule has 7 aromatic rings. The summed E-state index contributed by atoms with van der Waals surface area (Å²) < 4.78 is 3.49. The van der Waals surface area contributed by atoms with Crippen LogP contribution in [0.5, 0.6) is 0 Å². The number of hydrogen-bond acceptors (Lipinski definition) is 9. The Morgan fingerprint density at radius 2 is 1.03 bits per heavy atom. The molecular weight excluding hydrogens is 751 g/mol. The Kier molecular flexibility index (Phi) is 11.4. The lowest BCUT2D eigenvalue weighted by molar-refractivity contribution is -0.117. The number of carbonyl (C=O) groups excluding carboxylic acids is 2. The third kappa shape index (κ3) is 9.27. The molecule has 306 valence electrons. The van der Waals surface area contributed by atoms with E-state index in [4.69, 9.17) is 4.98 Å². The molecule has 2 aliphatic rings. The van der Waals surface area contributed by atoms with Crippen molar-refractivity contribution in [1.82, 2.24) is 44.8 Å². The van der Waals surface area contributed by atoms with E-state index in [0.29, 0.717) is 24.2 Å². The molecule has 2 amide bonds. The van der Waals surface area contributed by atoms with E-state index < -0.39 is 0 Å². The number of carbonyl (C=O) groups is 2. The summed E-state index contributed by atoms with van der Waals surface area (Å²) in [5, 5.41) is 26.0. The van der Waals surface area contributed by atoms with Crippen molar-refractivity contribution in [2.75, 3.05) is 49.9 Å². The first-order chi connectivity index (χ1) is 29.3.